The minimum Gasteiger partial charge on any atom is -0.360 e. The zero-order chi connectivity index (χ0) is 9.97. The summed E-state index contributed by atoms with van der Waals surface area (Å²) in [4.78, 5) is 9.07. The molecule has 2 rings (SSSR count). The second-order valence-electron chi connectivity index (χ2n) is 3.96. The number of thiazole rings is 1. The standard InChI is InChI=1S/C10H17N3S/c1-9(2)12-3-5-13(6-4-12)10-7-11-8-14-10/h7-9H,3-6H2,1-2H3. The van der Waals surface area contributed by atoms with Crippen molar-refractivity contribution < 1.29 is 0 Å². The van der Waals surface area contributed by atoms with E-state index >= 15 is 0 Å². The lowest BCUT2D eigenvalue weighted by Gasteiger charge is -2.37. The van der Waals surface area contributed by atoms with E-state index in [0.717, 1.165) is 13.1 Å². The third kappa shape index (κ3) is 2.07. The first-order chi connectivity index (χ1) is 6.77. The van der Waals surface area contributed by atoms with Gasteiger partial charge in [0, 0.05) is 32.2 Å². The Morgan fingerprint density at radius 2 is 2.00 bits per heavy atom. The molecule has 0 aromatic carbocycles. The van der Waals surface area contributed by atoms with Crippen molar-refractivity contribution in [2.45, 2.75) is 19.9 Å². The van der Waals surface area contributed by atoms with Crippen molar-refractivity contribution in [1.82, 2.24) is 9.88 Å². The monoisotopic (exact) mass is 211 g/mol. The highest BCUT2D eigenvalue weighted by molar-refractivity contribution is 7.13. The highest BCUT2D eigenvalue weighted by atomic mass is 32.1. The molecule has 2 heterocycles. The summed E-state index contributed by atoms with van der Waals surface area (Å²) in [5.41, 5.74) is 1.91. The predicted octanol–water partition coefficient (Wildman–Crippen LogP) is 1.67. The van der Waals surface area contributed by atoms with Crippen molar-refractivity contribution in [1.29, 1.82) is 0 Å². The van der Waals surface area contributed by atoms with E-state index in [1.165, 1.54) is 18.1 Å². The lowest BCUT2D eigenvalue weighted by atomic mass is 10.2. The number of nitrogens with zero attached hydrogens (tertiary/aromatic N) is 3. The minimum atomic E-state index is 0.679. The molecule has 0 spiro atoms. The maximum atomic E-state index is 4.11. The first-order valence-corrected chi connectivity index (χ1v) is 6.03. The molecule has 0 unspecified atom stereocenters. The molecular formula is C10H17N3S. The first-order valence-electron chi connectivity index (χ1n) is 5.15. The van der Waals surface area contributed by atoms with Crippen LogP contribution in [-0.2, 0) is 0 Å². The van der Waals surface area contributed by atoms with Crippen LogP contribution in [0.3, 0.4) is 0 Å². The molecule has 4 heteroatoms. The van der Waals surface area contributed by atoms with E-state index in [2.05, 4.69) is 28.6 Å². The Bertz CT molecular complexity index is 263. The van der Waals surface area contributed by atoms with Gasteiger partial charge in [-0.1, -0.05) is 0 Å². The third-order valence-electron chi connectivity index (χ3n) is 2.78. The van der Waals surface area contributed by atoms with Crippen LogP contribution in [0.25, 0.3) is 0 Å². The highest BCUT2D eigenvalue weighted by Crippen LogP contribution is 2.20. The van der Waals surface area contributed by atoms with E-state index in [4.69, 9.17) is 0 Å². The molecule has 0 aliphatic carbocycles. The van der Waals surface area contributed by atoms with Crippen LogP contribution in [0.15, 0.2) is 11.7 Å². The van der Waals surface area contributed by atoms with E-state index < -0.39 is 0 Å². The van der Waals surface area contributed by atoms with E-state index in [0.29, 0.717) is 6.04 Å². The zero-order valence-electron chi connectivity index (χ0n) is 8.81. The Kier molecular flexibility index (Phi) is 3.03. The number of hydrogen-bond donors (Lipinski definition) is 0. The predicted molar refractivity (Wildman–Crippen MR) is 61.0 cm³/mol. The van der Waals surface area contributed by atoms with Crippen LogP contribution in [0.1, 0.15) is 13.8 Å². The molecule has 14 heavy (non-hydrogen) atoms. The average molecular weight is 211 g/mol. The molecule has 1 fully saturated rings. The van der Waals surface area contributed by atoms with Crippen LogP contribution in [0.4, 0.5) is 5.00 Å². The summed E-state index contributed by atoms with van der Waals surface area (Å²) in [5, 5.41) is 1.31. The van der Waals surface area contributed by atoms with Gasteiger partial charge < -0.3 is 4.90 Å². The van der Waals surface area contributed by atoms with Gasteiger partial charge in [-0.05, 0) is 13.8 Å². The number of rotatable bonds is 2. The van der Waals surface area contributed by atoms with Crippen molar-refractivity contribution in [2.24, 2.45) is 0 Å². The molecule has 0 N–H and O–H groups in total. The molecule has 1 aromatic rings. The normalized spacial score (nSPS) is 19.2. The van der Waals surface area contributed by atoms with E-state index in [1.54, 1.807) is 11.3 Å². The van der Waals surface area contributed by atoms with Gasteiger partial charge in [-0.25, -0.2) is 0 Å². The van der Waals surface area contributed by atoms with Gasteiger partial charge in [0.2, 0.25) is 0 Å². The average Bonchev–Trinajstić information content (AvgIpc) is 2.71. The summed E-state index contributed by atoms with van der Waals surface area (Å²) in [5.74, 6) is 0. The molecule has 1 aromatic heterocycles. The van der Waals surface area contributed by atoms with Crippen LogP contribution in [0.2, 0.25) is 0 Å². The minimum absolute atomic E-state index is 0.679. The van der Waals surface area contributed by atoms with Gasteiger partial charge in [0.1, 0.15) is 5.00 Å². The SMILES string of the molecule is CC(C)N1CCN(c2cncs2)CC1. The zero-order valence-corrected chi connectivity index (χ0v) is 9.63. The van der Waals surface area contributed by atoms with Crippen LogP contribution < -0.4 is 4.90 Å². The lowest BCUT2D eigenvalue weighted by Crippen LogP contribution is -2.48. The Labute approximate surface area is 89.4 Å². The topological polar surface area (TPSA) is 19.4 Å². The fraction of sp³-hybridized carbons (Fsp3) is 0.700. The summed E-state index contributed by atoms with van der Waals surface area (Å²) < 4.78 is 0. The van der Waals surface area contributed by atoms with Crippen LogP contribution >= 0.6 is 11.3 Å². The van der Waals surface area contributed by atoms with E-state index in [9.17, 15) is 0 Å². The molecule has 1 aliphatic rings. The molecular weight excluding hydrogens is 194 g/mol. The largest absolute Gasteiger partial charge is 0.360 e. The van der Waals surface area contributed by atoms with Gasteiger partial charge in [0.25, 0.3) is 0 Å². The number of aromatic nitrogens is 1. The van der Waals surface area contributed by atoms with Crippen molar-refractivity contribution in [2.75, 3.05) is 31.1 Å². The summed E-state index contributed by atoms with van der Waals surface area (Å²) >= 11 is 1.74. The van der Waals surface area contributed by atoms with Gasteiger partial charge >= 0.3 is 0 Å². The fourth-order valence-electron chi connectivity index (χ4n) is 1.82. The van der Waals surface area contributed by atoms with Crippen LogP contribution in [-0.4, -0.2) is 42.1 Å². The van der Waals surface area contributed by atoms with E-state index in [1.807, 2.05) is 11.7 Å². The molecule has 0 amide bonds. The summed E-state index contributed by atoms with van der Waals surface area (Å²) in [6.45, 7) is 9.16. The summed E-state index contributed by atoms with van der Waals surface area (Å²) in [6, 6.07) is 0.679. The Balaban J connectivity index is 1.90. The molecule has 3 nitrogen and oxygen atoms in total. The van der Waals surface area contributed by atoms with Gasteiger partial charge in [-0.15, -0.1) is 11.3 Å². The number of hydrogen-bond acceptors (Lipinski definition) is 4. The summed E-state index contributed by atoms with van der Waals surface area (Å²) in [7, 11) is 0. The number of piperazine rings is 1. The van der Waals surface area contributed by atoms with Crippen LogP contribution in [0, 0.1) is 0 Å². The van der Waals surface area contributed by atoms with Crippen molar-refractivity contribution >= 4 is 16.3 Å². The third-order valence-corrected chi connectivity index (χ3v) is 3.61. The van der Waals surface area contributed by atoms with Crippen molar-refractivity contribution in [3.63, 3.8) is 0 Å². The maximum absolute atomic E-state index is 4.11. The smallest absolute Gasteiger partial charge is 0.111 e. The fourth-order valence-corrected chi connectivity index (χ4v) is 2.51. The Hall–Kier alpha value is -0.610. The van der Waals surface area contributed by atoms with Gasteiger partial charge in [0.05, 0.1) is 11.7 Å². The van der Waals surface area contributed by atoms with Gasteiger partial charge in [-0.2, -0.15) is 0 Å². The number of anilines is 1. The van der Waals surface area contributed by atoms with Gasteiger partial charge in [0.15, 0.2) is 0 Å². The first kappa shape index (κ1) is 9.93. The molecule has 0 saturated carbocycles. The van der Waals surface area contributed by atoms with Crippen molar-refractivity contribution in [3.8, 4) is 0 Å². The lowest BCUT2D eigenvalue weighted by molar-refractivity contribution is 0.209. The molecule has 0 bridgehead atoms. The Morgan fingerprint density at radius 3 is 2.50 bits per heavy atom. The molecule has 0 atom stereocenters. The molecule has 1 saturated heterocycles. The highest BCUT2D eigenvalue weighted by Gasteiger charge is 2.19. The molecule has 1 aliphatic heterocycles. The van der Waals surface area contributed by atoms with Gasteiger partial charge in [-0.3, -0.25) is 9.88 Å². The Morgan fingerprint density at radius 1 is 1.29 bits per heavy atom. The van der Waals surface area contributed by atoms with Crippen LogP contribution in [0.5, 0.6) is 0 Å². The summed E-state index contributed by atoms with van der Waals surface area (Å²) in [6.07, 6.45) is 1.97. The molecule has 78 valence electrons. The molecule has 0 radical (unpaired) electrons. The second-order valence-corrected chi connectivity index (χ2v) is 4.82. The second kappa shape index (κ2) is 4.28. The maximum Gasteiger partial charge on any atom is 0.111 e. The van der Waals surface area contributed by atoms with Crippen molar-refractivity contribution in [3.05, 3.63) is 11.7 Å². The quantitative estimate of drug-likeness (QED) is 0.742. The van der Waals surface area contributed by atoms with E-state index in [-0.39, 0.29) is 0 Å².